The summed E-state index contributed by atoms with van der Waals surface area (Å²) >= 11 is 1.15. The summed E-state index contributed by atoms with van der Waals surface area (Å²) in [7, 11) is 0. The molecule has 1 aromatic heterocycles. The van der Waals surface area contributed by atoms with Crippen LogP contribution >= 0.6 is 11.8 Å². The van der Waals surface area contributed by atoms with Gasteiger partial charge in [-0.1, -0.05) is 67.2 Å². The third-order valence-corrected chi connectivity index (χ3v) is 6.40. The van der Waals surface area contributed by atoms with Crippen LogP contribution in [0.4, 0.5) is 4.39 Å². The summed E-state index contributed by atoms with van der Waals surface area (Å²) in [5.74, 6) is -0.309. The molecule has 1 atom stereocenters. The van der Waals surface area contributed by atoms with E-state index in [9.17, 15) is 14.0 Å². The molecule has 7 heteroatoms. The smallest absolute Gasteiger partial charge is 0.266 e. The minimum absolute atomic E-state index is 0.0840. The Morgan fingerprint density at radius 2 is 1.82 bits per heavy atom. The van der Waals surface area contributed by atoms with Crippen molar-refractivity contribution in [3.8, 4) is 5.69 Å². The molecule has 1 N–H and O–H groups in total. The number of amides is 1. The van der Waals surface area contributed by atoms with Crippen LogP contribution in [-0.4, -0.2) is 27.8 Å². The second kappa shape index (κ2) is 10.0. The molecule has 0 spiro atoms. The van der Waals surface area contributed by atoms with Crippen molar-refractivity contribution in [1.82, 2.24) is 14.9 Å². The molecule has 0 fully saturated rings. The first-order chi connectivity index (χ1) is 15.9. The Kier molecular flexibility index (Phi) is 6.89. The van der Waals surface area contributed by atoms with Crippen LogP contribution in [0.1, 0.15) is 24.0 Å². The molecule has 33 heavy (non-hydrogen) atoms. The molecule has 0 aliphatic rings. The van der Waals surface area contributed by atoms with Gasteiger partial charge in [0, 0.05) is 6.54 Å². The molecule has 1 amide bonds. The zero-order valence-electron chi connectivity index (χ0n) is 18.4. The summed E-state index contributed by atoms with van der Waals surface area (Å²) in [6.45, 7) is 4.22. The molecule has 1 heterocycles. The van der Waals surface area contributed by atoms with Gasteiger partial charge in [-0.2, -0.15) is 0 Å². The number of fused-ring (bicyclic) bond motifs is 1. The third kappa shape index (κ3) is 5.14. The van der Waals surface area contributed by atoms with E-state index in [1.165, 1.54) is 10.6 Å². The van der Waals surface area contributed by atoms with Crippen molar-refractivity contribution in [2.24, 2.45) is 0 Å². The van der Waals surface area contributed by atoms with Crippen LogP contribution in [0.3, 0.4) is 0 Å². The van der Waals surface area contributed by atoms with Gasteiger partial charge in [0.1, 0.15) is 5.82 Å². The number of hydrogen-bond donors (Lipinski definition) is 1. The lowest BCUT2D eigenvalue weighted by molar-refractivity contribution is -0.118. The second-order valence-corrected chi connectivity index (χ2v) is 8.83. The molecule has 5 nitrogen and oxygen atoms in total. The lowest BCUT2D eigenvalue weighted by Gasteiger charge is -2.15. The van der Waals surface area contributed by atoms with Crippen LogP contribution in [0.5, 0.6) is 0 Å². The van der Waals surface area contributed by atoms with Gasteiger partial charge in [0.2, 0.25) is 5.91 Å². The van der Waals surface area contributed by atoms with Crippen molar-refractivity contribution < 1.29 is 9.18 Å². The first kappa shape index (κ1) is 22.7. The minimum atomic E-state index is -0.406. The number of benzene rings is 3. The van der Waals surface area contributed by atoms with Gasteiger partial charge in [-0.3, -0.25) is 14.2 Å². The SMILES string of the molecule is Cc1ccc(-n2c(SCC(=O)NCC(C)c3ccccc3)nc3ccccc3c2=O)cc1F. The number of hydrogen-bond acceptors (Lipinski definition) is 4. The van der Waals surface area contributed by atoms with Gasteiger partial charge < -0.3 is 5.32 Å². The maximum atomic E-state index is 14.3. The molecule has 4 aromatic rings. The van der Waals surface area contributed by atoms with Crippen LogP contribution in [0, 0.1) is 12.7 Å². The second-order valence-electron chi connectivity index (χ2n) is 7.89. The summed E-state index contributed by atoms with van der Waals surface area (Å²) in [5.41, 5.74) is 2.25. The zero-order chi connectivity index (χ0) is 23.4. The highest BCUT2D eigenvalue weighted by molar-refractivity contribution is 7.99. The van der Waals surface area contributed by atoms with Gasteiger partial charge in [-0.25, -0.2) is 9.37 Å². The first-order valence-corrected chi connectivity index (χ1v) is 11.7. The van der Waals surface area contributed by atoms with Crippen molar-refractivity contribution in [2.75, 3.05) is 12.3 Å². The van der Waals surface area contributed by atoms with Gasteiger partial charge in [0.15, 0.2) is 5.16 Å². The number of carbonyl (C=O) groups is 1. The summed E-state index contributed by atoms with van der Waals surface area (Å²) in [6.07, 6.45) is 0. The van der Waals surface area contributed by atoms with E-state index >= 15 is 0 Å². The van der Waals surface area contributed by atoms with Gasteiger partial charge in [-0.05, 0) is 48.2 Å². The number of nitrogens with one attached hydrogen (secondary N) is 1. The maximum Gasteiger partial charge on any atom is 0.266 e. The average molecular weight is 462 g/mol. The molecule has 0 saturated carbocycles. The largest absolute Gasteiger partial charge is 0.355 e. The van der Waals surface area contributed by atoms with Gasteiger partial charge in [-0.15, -0.1) is 0 Å². The molecule has 4 rings (SSSR count). The standard InChI is InChI=1S/C26H24FN3O2S/c1-17-12-13-20(14-22(17)27)30-25(32)21-10-6-7-11-23(21)29-26(30)33-16-24(31)28-15-18(2)19-8-4-3-5-9-19/h3-14,18H,15-16H2,1-2H3,(H,28,31). The fourth-order valence-corrected chi connectivity index (χ4v) is 4.35. The van der Waals surface area contributed by atoms with E-state index in [1.807, 2.05) is 30.3 Å². The monoisotopic (exact) mass is 461 g/mol. The number of rotatable bonds is 7. The number of aromatic nitrogens is 2. The van der Waals surface area contributed by atoms with E-state index in [-0.39, 0.29) is 23.1 Å². The minimum Gasteiger partial charge on any atom is -0.355 e. The number of nitrogens with zero attached hydrogens (tertiary/aromatic N) is 2. The molecule has 0 radical (unpaired) electrons. The summed E-state index contributed by atoms with van der Waals surface area (Å²) < 4.78 is 15.6. The van der Waals surface area contributed by atoms with Gasteiger partial charge in [0.25, 0.3) is 5.56 Å². The lowest BCUT2D eigenvalue weighted by Crippen LogP contribution is -2.29. The number of aryl methyl sites for hydroxylation is 1. The van der Waals surface area contributed by atoms with Crippen LogP contribution in [0.2, 0.25) is 0 Å². The fraction of sp³-hybridized carbons (Fsp3) is 0.192. The van der Waals surface area contributed by atoms with Crippen molar-refractivity contribution in [2.45, 2.75) is 24.9 Å². The number of thioether (sulfide) groups is 1. The van der Waals surface area contributed by atoms with E-state index in [0.717, 1.165) is 17.3 Å². The fourth-order valence-electron chi connectivity index (χ4n) is 3.51. The number of halogens is 1. The molecule has 1 unspecified atom stereocenters. The van der Waals surface area contributed by atoms with Crippen LogP contribution in [0.25, 0.3) is 16.6 Å². The van der Waals surface area contributed by atoms with Crippen molar-refractivity contribution >= 4 is 28.6 Å². The highest BCUT2D eigenvalue weighted by Gasteiger charge is 2.16. The average Bonchev–Trinajstić information content (AvgIpc) is 2.83. The molecule has 0 saturated heterocycles. The van der Waals surface area contributed by atoms with Gasteiger partial charge in [0.05, 0.1) is 22.3 Å². The molecule has 0 aliphatic carbocycles. The zero-order valence-corrected chi connectivity index (χ0v) is 19.2. The van der Waals surface area contributed by atoms with Crippen LogP contribution in [-0.2, 0) is 4.79 Å². The molecular weight excluding hydrogens is 437 g/mol. The molecular formula is C26H24FN3O2S. The summed E-state index contributed by atoms with van der Waals surface area (Å²) in [5, 5.41) is 3.72. The normalized spacial score (nSPS) is 12.0. The Labute approximate surface area is 195 Å². The van der Waals surface area contributed by atoms with Crippen molar-refractivity contribution in [3.05, 3.63) is 100 Å². The van der Waals surface area contributed by atoms with E-state index in [2.05, 4.69) is 17.2 Å². The maximum absolute atomic E-state index is 14.3. The molecule has 3 aromatic carbocycles. The van der Waals surface area contributed by atoms with E-state index < -0.39 is 5.82 Å². The van der Waals surface area contributed by atoms with E-state index in [4.69, 9.17) is 0 Å². The van der Waals surface area contributed by atoms with E-state index in [0.29, 0.717) is 33.9 Å². The Balaban J connectivity index is 1.57. The number of para-hydroxylation sites is 1. The molecule has 0 bridgehead atoms. The van der Waals surface area contributed by atoms with Gasteiger partial charge >= 0.3 is 0 Å². The predicted octanol–water partition coefficient (Wildman–Crippen LogP) is 4.85. The van der Waals surface area contributed by atoms with Crippen molar-refractivity contribution in [1.29, 1.82) is 0 Å². The summed E-state index contributed by atoms with van der Waals surface area (Å²) in [6, 6.07) is 21.6. The lowest BCUT2D eigenvalue weighted by atomic mass is 10.0. The van der Waals surface area contributed by atoms with E-state index in [1.54, 1.807) is 43.3 Å². The summed E-state index contributed by atoms with van der Waals surface area (Å²) in [4.78, 5) is 30.4. The number of carbonyl (C=O) groups excluding carboxylic acids is 1. The Bertz CT molecular complexity index is 1360. The Morgan fingerprint density at radius 3 is 2.58 bits per heavy atom. The topological polar surface area (TPSA) is 64.0 Å². The third-order valence-electron chi connectivity index (χ3n) is 5.46. The van der Waals surface area contributed by atoms with Crippen molar-refractivity contribution in [3.63, 3.8) is 0 Å². The first-order valence-electron chi connectivity index (χ1n) is 10.7. The van der Waals surface area contributed by atoms with Crippen LogP contribution in [0.15, 0.2) is 82.7 Å². The highest BCUT2D eigenvalue weighted by Crippen LogP contribution is 2.22. The predicted molar refractivity (Wildman–Crippen MR) is 131 cm³/mol. The van der Waals surface area contributed by atoms with Crippen LogP contribution < -0.4 is 10.9 Å². The Morgan fingerprint density at radius 1 is 1.09 bits per heavy atom. The molecule has 0 aliphatic heterocycles. The molecule has 168 valence electrons. The Hall–Kier alpha value is -3.45. The quantitative estimate of drug-likeness (QED) is 0.316. The highest BCUT2D eigenvalue weighted by atomic mass is 32.2.